The lowest BCUT2D eigenvalue weighted by molar-refractivity contribution is -0.122. The van der Waals surface area contributed by atoms with E-state index in [0.717, 1.165) is 19.3 Å². The summed E-state index contributed by atoms with van der Waals surface area (Å²) in [4.78, 5) is 12.0. The van der Waals surface area contributed by atoms with E-state index in [1.54, 1.807) is 0 Å². The largest absolute Gasteiger partial charge is 0.353 e. The number of amides is 1. The summed E-state index contributed by atoms with van der Waals surface area (Å²) in [6.45, 7) is 4.42. The second kappa shape index (κ2) is 7.47. The molecule has 2 rings (SSSR count). The molecule has 0 aliphatic heterocycles. The summed E-state index contributed by atoms with van der Waals surface area (Å²) in [5.41, 5.74) is 2.61. The van der Waals surface area contributed by atoms with E-state index in [0.29, 0.717) is 18.4 Å². The number of benzene rings is 1. The van der Waals surface area contributed by atoms with Crippen molar-refractivity contribution in [3.63, 3.8) is 0 Å². The summed E-state index contributed by atoms with van der Waals surface area (Å²) in [5.74, 6) is 0.847. The Bertz CT molecular complexity index is 424. The lowest BCUT2D eigenvalue weighted by Gasteiger charge is -2.29. The third-order valence-corrected chi connectivity index (χ3v) is 4.53. The fourth-order valence-corrected chi connectivity index (χ4v) is 3.01. The first kappa shape index (κ1) is 15.1. The quantitative estimate of drug-likeness (QED) is 0.866. The average molecular weight is 273 g/mol. The third-order valence-electron chi connectivity index (χ3n) is 4.53. The highest BCUT2D eigenvalue weighted by Crippen LogP contribution is 2.23. The van der Waals surface area contributed by atoms with Crippen molar-refractivity contribution in [3.05, 3.63) is 35.4 Å². The molecule has 1 aromatic rings. The van der Waals surface area contributed by atoms with E-state index in [4.69, 9.17) is 0 Å². The van der Waals surface area contributed by atoms with Crippen LogP contribution in [0.15, 0.2) is 24.3 Å². The maximum absolute atomic E-state index is 12.0. The molecule has 0 bridgehead atoms. The maximum atomic E-state index is 12.0. The van der Waals surface area contributed by atoms with Gasteiger partial charge in [-0.2, -0.15) is 0 Å². The number of carbonyl (C=O) groups excluding carboxylic acids is 1. The van der Waals surface area contributed by atoms with Gasteiger partial charge in [-0.05, 0) is 42.7 Å². The molecule has 2 unspecified atom stereocenters. The molecule has 0 radical (unpaired) electrons. The molecule has 1 aromatic carbocycles. The molecule has 110 valence electrons. The molecule has 2 nitrogen and oxygen atoms in total. The lowest BCUT2D eigenvalue weighted by Crippen LogP contribution is -2.41. The van der Waals surface area contributed by atoms with E-state index in [1.807, 2.05) is 0 Å². The first-order valence-electron chi connectivity index (χ1n) is 8.06. The van der Waals surface area contributed by atoms with Crippen LogP contribution in [0, 0.1) is 5.92 Å². The Morgan fingerprint density at radius 1 is 1.15 bits per heavy atom. The van der Waals surface area contributed by atoms with Gasteiger partial charge in [-0.3, -0.25) is 4.79 Å². The van der Waals surface area contributed by atoms with Crippen LogP contribution in [0.1, 0.15) is 57.1 Å². The Morgan fingerprint density at radius 3 is 2.45 bits per heavy atom. The van der Waals surface area contributed by atoms with Crippen LogP contribution in [0.25, 0.3) is 0 Å². The van der Waals surface area contributed by atoms with E-state index < -0.39 is 0 Å². The minimum Gasteiger partial charge on any atom is -0.353 e. The fraction of sp³-hybridized carbons (Fsp3) is 0.611. The molecule has 0 heterocycles. The number of aryl methyl sites for hydroxylation is 2. The Labute approximate surface area is 123 Å². The second-order valence-electron chi connectivity index (χ2n) is 6.11. The third kappa shape index (κ3) is 4.36. The average Bonchev–Trinajstić information content (AvgIpc) is 2.48. The van der Waals surface area contributed by atoms with Gasteiger partial charge in [0.05, 0.1) is 0 Å². The van der Waals surface area contributed by atoms with Crippen molar-refractivity contribution in [1.82, 2.24) is 5.32 Å². The van der Waals surface area contributed by atoms with Crippen LogP contribution in [0.4, 0.5) is 0 Å². The summed E-state index contributed by atoms with van der Waals surface area (Å²) >= 11 is 0. The monoisotopic (exact) mass is 273 g/mol. The Morgan fingerprint density at radius 2 is 1.80 bits per heavy atom. The second-order valence-corrected chi connectivity index (χ2v) is 6.11. The van der Waals surface area contributed by atoms with Gasteiger partial charge >= 0.3 is 0 Å². The molecule has 2 heteroatoms. The van der Waals surface area contributed by atoms with Crippen molar-refractivity contribution in [2.45, 2.75) is 64.8 Å². The van der Waals surface area contributed by atoms with Crippen LogP contribution in [0.3, 0.4) is 0 Å². The summed E-state index contributed by atoms with van der Waals surface area (Å²) in [6.07, 6.45) is 7.50. The smallest absolute Gasteiger partial charge is 0.220 e. The highest BCUT2D eigenvalue weighted by atomic mass is 16.1. The Hall–Kier alpha value is -1.31. The molecule has 1 saturated carbocycles. The van der Waals surface area contributed by atoms with E-state index >= 15 is 0 Å². The van der Waals surface area contributed by atoms with Crippen molar-refractivity contribution in [1.29, 1.82) is 0 Å². The molecule has 0 spiro atoms. The highest BCUT2D eigenvalue weighted by Gasteiger charge is 2.22. The zero-order chi connectivity index (χ0) is 14.4. The van der Waals surface area contributed by atoms with Gasteiger partial charge < -0.3 is 5.32 Å². The van der Waals surface area contributed by atoms with Gasteiger partial charge in [-0.1, -0.05) is 51.0 Å². The van der Waals surface area contributed by atoms with Crippen molar-refractivity contribution < 1.29 is 4.79 Å². The van der Waals surface area contributed by atoms with Gasteiger partial charge in [0.2, 0.25) is 5.91 Å². The zero-order valence-corrected chi connectivity index (χ0v) is 12.8. The first-order valence-corrected chi connectivity index (χ1v) is 8.06. The minimum absolute atomic E-state index is 0.211. The SMILES string of the molecule is CCc1ccc(CCC(=O)NC2CCCCC2C)cc1. The molecular weight excluding hydrogens is 246 g/mol. The highest BCUT2D eigenvalue weighted by molar-refractivity contribution is 5.76. The van der Waals surface area contributed by atoms with Crippen LogP contribution >= 0.6 is 0 Å². The Balaban J connectivity index is 1.76. The van der Waals surface area contributed by atoms with Gasteiger partial charge in [0, 0.05) is 12.5 Å². The fourth-order valence-electron chi connectivity index (χ4n) is 3.01. The molecule has 1 aliphatic rings. The predicted octanol–water partition coefficient (Wildman–Crippen LogP) is 3.88. The lowest BCUT2D eigenvalue weighted by atomic mass is 9.86. The summed E-state index contributed by atoms with van der Waals surface area (Å²) in [5, 5.41) is 3.22. The molecule has 20 heavy (non-hydrogen) atoms. The minimum atomic E-state index is 0.211. The number of nitrogens with one attached hydrogen (secondary N) is 1. The van der Waals surface area contributed by atoms with Crippen molar-refractivity contribution >= 4 is 5.91 Å². The van der Waals surface area contributed by atoms with Gasteiger partial charge in [0.25, 0.3) is 0 Å². The normalized spacial score (nSPS) is 22.5. The number of hydrogen-bond donors (Lipinski definition) is 1. The molecule has 1 amide bonds. The number of rotatable bonds is 5. The van der Waals surface area contributed by atoms with E-state index in [2.05, 4.69) is 43.4 Å². The standard InChI is InChI=1S/C18H27NO/c1-3-15-8-10-16(11-9-15)12-13-18(20)19-17-7-5-4-6-14(17)2/h8-11,14,17H,3-7,12-13H2,1-2H3,(H,19,20). The van der Waals surface area contributed by atoms with Crippen molar-refractivity contribution in [2.75, 3.05) is 0 Å². The molecule has 0 saturated heterocycles. The van der Waals surface area contributed by atoms with E-state index in [-0.39, 0.29) is 5.91 Å². The predicted molar refractivity (Wildman–Crippen MR) is 83.7 cm³/mol. The molecule has 1 N–H and O–H groups in total. The topological polar surface area (TPSA) is 29.1 Å². The van der Waals surface area contributed by atoms with Crippen LogP contribution in [0.5, 0.6) is 0 Å². The van der Waals surface area contributed by atoms with Crippen molar-refractivity contribution in [3.8, 4) is 0 Å². The van der Waals surface area contributed by atoms with E-state index in [9.17, 15) is 4.79 Å². The van der Waals surface area contributed by atoms with E-state index in [1.165, 1.54) is 30.4 Å². The maximum Gasteiger partial charge on any atom is 0.220 e. The summed E-state index contributed by atoms with van der Waals surface area (Å²) < 4.78 is 0. The van der Waals surface area contributed by atoms with Gasteiger partial charge in [-0.15, -0.1) is 0 Å². The molecular formula is C18H27NO. The summed E-state index contributed by atoms with van der Waals surface area (Å²) in [6, 6.07) is 9.02. The van der Waals surface area contributed by atoms with Crippen LogP contribution < -0.4 is 5.32 Å². The molecule has 1 aliphatic carbocycles. The number of hydrogen-bond acceptors (Lipinski definition) is 1. The van der Waals surface area contributed by atoms with Gasteiger partial charge in [0.1, 0.15) is 0 Å². The van der Waals surface area contributed by atoms with Crippen LogP contribution in [-0.2, 0) is 17.6 Å². The number of carbonyl (C=O) groups is 1. The first-order chi connectivity index (χ1) is 9.69. The molecule has 0 aromatic heterocycles. The van der Waals surface area contributed by atoms with Crippen LogP contribution in [-0.4, -0.2) is 11.9 Å². The summed E-state index contributed by atoms with van der Waals surface area (Å²) in [7, 11) is 0. The van der Waals surface area contributed by atoms with Gasteiger partial charge in [-0.25, -0.2) is 0 Å². The molecule has 2 atom stereocenters. The van der Waals surface area contributed by atoms with Gasteiger partial charge in [0.15, 0.2) is 0 Å². The Kier molecular flexibility index (Phi) is 5.63. The zero-order valence-electron chi connectivity index (χ0n) is 12.8. The van der Waals surface area contributed by atoms with Crippen molar-refractivity contribution in [2.24, 2.45) is 5.92 Å². The molecule has 1 fully saturated rings. The van der Waals surface area contributed by atoms with Crippen LogP contribution in [0.2, 0.25) is 0 Å².